The summed E-state index contributed by atoms with van der Waals surface area (Å²) in [6.07, 6.45) is 7.87. The molecule has 2 aliphatic rings. The Bertz CT molecular complexity index is 391. The van der Waals surface area contributed by atoms with Crippen LogP contribution in [-0.2, 0) is 0 Å². The van der Waals surface area contributed by atoms with Crippen molar-refractivity contribution >= 4 is 11.9 Å². The highest BCUT2D eigenvalue weighted by Crippen LogP contribution is 2.36. The second kappa shape index (κ2) is 6.33. The summed E-state index contributed by atoms with van der Waals surface area (Å²) in [5.74, 6) is 1.09. The van der Waals surface area contributed by atoms with Crippen LogP contribution in [0.15, 0.2) is 9.98 Å². The summed E-state index contributed by atoms with van der Waals surface area (Å²) < 4.78 is 0. The summed E-state index contributed by atoms with van der Waals surface area (Å²) in [6, 6.07) is 0. The summed E-state index contributed by atoms with van der Waals surface area (Å²) in [5.41, 5.74) is 11.6. The molecule has 20 heavy (non-hydrogen) atoms. The fourth-order valence-corrected chi connectivity index (χ4v) is 3.09. The van der Waals surface area contributed by atoms with Crippen LogP contribution >= 0.6 is 0 Å². The number of unbranched alkanes of at least 4 members (excludes halogenated alkanes) is 4. The fourth-order valence-electron chi connectivity index (χ4n) is 3.09. The molecule has 0 bridgehead atoms. The van der Waals surface area contributed by atoms with Gasteiger partial charge in [0, 0.05) is 6.54 Å². The molecule has 0 amide bonds. The van der Waals surface area contributed by atoms with Crippen molar-refractivity contribution in [2.24, 2.45) is 21.5 Å². The maximum atomic E-state index is 6.11. The quantitative estimate of drug-likeness (QED) is 0.585. The molecular formula is C14H28N6. The molecule has 2 heterocycles. The van der Waals surface area contributed by atoms with Crippen molar-refractivity contribution in [3.63, 3.8) is 0 Å². The van der Waals surface area contributed by atoms with Crippen LogP contribution in [0.4, 0.5) is 0 Å². The predicted molar refractivity (Wildman–Crippen MR) is 83.3 cm³/mol. The van der Waals surface area contributed by atoms with Gasteiger partial charge in [-0.25, -0.2) is 9.98 Å². The van der Waals surface area contributed by atoms with Crippen molar-refractivity contribution in [1.82, 2.24) is 10.2 Å². The van der Waals surface area contributed by atoms with E-state index in [0.29, 0.717) is 11.9 Å². The van der Waals surface area contributed by atoms with Gasteiger partial charge in [-0.2, -0.15) is 0 Å². The first-order chi connectivity index (χ1) is 9.64. The minimum absolute atomic E-state index is 0.110. The van der Waals surface area contributed by atoms with E-state index in [1.54, 1.807) is 0 Å². The first-order valence-corrected chi connectivity index (χ1v) is 7.86. The molecule has 0 aromatic rings. The Morgan fingerprint density at radius 3 is 2.55 bits per heavy atom. The number of aliphatic imine (C=N–C) groups is 2. The summed E-state index contributed by atoms with van der Waals surface area (Å²) in [7, 11) is 0. The molecule has 0 saturated heterocycles. The Morgan fingerprint density at radius 2 is 1.85 bits per heavy atom. The Labute approximate surface area is 121 Å². The summed E-state index contributed by atoms with van der Waals surface area (Å²) in [6.45, 7) is 5.32. The number of hydrogen-bond donors (Lipinski definition) is 3. The van der Waals surface area contributed by atoms with Gasteiger partial charge in [0.2, 0.25) is 0 Å². The first-order valence-electron chi connectivity index (χ1n) is 7.86. The zero-order chi connectivity index (χ0) is 14.6. The second-order valence-electron chi connectivity index (χ2n) is 5.73. The normalized spacial score (nSPS) is 28.1. The number of rotatable bonds is 8. The lowest BCUT2D eigenvalue weighted by Gasteiger charge is -2.36. The molecule has 0 saturated carbocycles. The first kappa shape index (κ1) is 14.9. The maximum absolute atomic E-state index is 6.11. The summed E-state index contributed by atoms with van der Waals surface area (Å²) in [4.78, 5) is 11.4. The Balaban J connectivity index is 2.11. The van der Waals surface area contributed by atoms with Crippen LogP contribution in [0.25, 0.3) is 0 Å². The van der Waals surface area contributed by atoms with Crippen molar-refractivity contribution in [3.05, 3.63) is 0 Å². The lowest BCUT2D eigenvalue weighted by Crippen LogP contribution is -2.54. The van der Waals surface area contributed by atoms with Gasteiger partial charge >= 0.3 is 0 Å². The largest absolute Gasteiger partial charge is 0.370 e. The van der Waals surface area contributed by atoms with E-state index in [-0.39, 0.29) is 11.8 Å². The molecule has 6 nitrogen and oxygen atoms in total. The standard InChI is InChI=1S/C14H28N6/c1-3-5-7-9-14-11(17-12(15)19-14)18-13(16)20(14)10-8-6-4-2/h11H,3-10H2,1-2H3,(H2,16,18)(H3,15,17,19). The summed E-state index contributed by atoms with van der Waals surface area (Å²) in [5, 5.41) is 3.15. The van der Waals surface area contributed by atoms with Gasteiger partial charge in [-0.05, 0) is 19.3 Å². The average molecular weight is 280 g/mol. The Morgan fingerprint density at radius 1 is 1.15 bits per heavy atom. The molecule has 0 aliphatic carbocycles. The van der Waals surface area contributed by atoms with Gasteiger partial charge in [0.1, 0.15) is 0 Å². The highest BCUT2D eigenvalue weighted by Gasteiger charge is 2.52. The topological polar surface area (TPSA) is 92.0 Å². The molecule has 0 fully saturated rings. The van der Waals surface area contributed by atoms with Crippen LogP contribution in [0.1, 0.15) is 58.8 Å². The lowest BCUT2D eigenvalue weighted by molar-refractivity contribution is 0.157. The maximum Gasteiger partial charge on any atom is 0.195 e. The zero-order valence-electron chi connectivity index (χ0n) is 12.7. The summed E-state index contributed by atoms with van der Waals surface area (Å²) >= 11 is 0. The molecule has 0 aromatic heterocycles. The third-order valence-electron chi connectivity index (χ3n) is 4.18. The molecule has 5 N–H and O–H groups in total. The molecule has 2 aliphatic heterocycles. The van der Waals surface area contributed by atoms with E-state index in [2.05, 4.69) is 34.0 Å². The van der Waals surface area contributed by atoms with E-state index in [9.17, 15) is 0 Å². The number of fused-ring (bicyclic) bond motifs is 1. The Hall–Kier alpha value is -1.46. The molecule has 114 valence electrons. The van der Waals surface area contributed by atoms with Crippen LogP contribution in [0.2, 0.25) is 0 Å². The van der Waals surface area contributed by atoms with Gasteiger partial charge in [0.05, 0.1) is 0 Å². The van der Waals surface area contributed by atoms with E-state index in [1.165, 1.54) is 25.7 Å². The van der Waals surface area contributed by atoms with Crippen LogP contribution < -0.4 is 16.8 Å². The number of hydrogen-bond acceptors (Lipinski definition) is 6. The molecule has 2 unspecified atom stereocenters. The van der Waals surface area contributed by atoms with Gasteiger partial charge in [0.15, 0.2) is 23.7 Å². The zero-order valence-corrected chi connectivity index (χ0v) is 12.7. The third-order valence-corrected chi connectivity index (χ3v) is 4.18. The van der Waals surface area contributed by atoms with Crippen molar-refractivity contribution in [2.45, 2.75) is 70.6 Å². The lowest BCUT2D eigenvalue weighted by atomic mass is 9.98. The molecule has 2 atom stereocenters. The van der Waals surface area contributed by atoms with E-state index in [1.807, 2.05) is 0 Å². The van der Waals surface area contributed by atoms with E-state index in [4.69, 9.17) is 11.5 Å². The SMILES string of the molecule is CCCCCN1C(N)=NC2NC(N)=NC21CCCCC. The Kier molecular flexibility index (Phi) is 4.73. The fraction of sp³-hybridized carbons (Fsp3) is 0.857. The number of nitrogens with one attached hydrogen (secondary N) is 1. The minimum atomic E-state index is -0.378. The molecular weight excluding hydrogens is 252 g/mol. The van der Waals surface area contributed by atoms with Crippen LogP contribution in [-0.4, -0.2) is 35.2 Å². The smallest absolute Gasteiger partial charge is 0.195 e. The monoisotopic (exact) mass is 280 g/mol. The third kappa shape index (κ3) is 2.69. The van der Waals surface area contributed by atoms with Crippen molar-refractivity contribution < 1.29 is 0 Å². The molecule has 0 radical (unpaired) electrons. The molecule has 0 spiro atoms. The van der Waals surface area contributed by atoms with Gasteiger partial charge < -0.3 is 21.7 Å². The predicted octanol–water partition coefficient (Wildman–Crippen LogP) is 1.33. The molecule has 6 heteroatoms. The van der Waals surface area contributed by atoms with Crippen molar-refractivity contribution in [2.75, 3.05) is 6.54 Å². The number of guanidine groups is 2. The van der Waals surface area contributed by atoms with E-state index in [0.717, 1.165) is 25.8 Å². The van der Waals surface area contributed by atoms with Gasteiger partial charge in [0.25, 0.3) is 0 Å². The van der Waals surface area contributed by atoms with Gasteiger partial charge in [-0.15, -0.1) is 0 Å². The highest BCUT2D eigenvalue weighted by atomic mass is 15.5. The van der Waals surface area contributed by atoms with Crippen molar-refractivity contribution in [3.8, 4) is 0 Å². The van der Waals surface area contributed by atoms with Gasteiger partial charge in [-0.3, -0.25) is 0 Å². The van der Waals surface area contributed by atoms with Crippen LogP contribution in [0.3, 0.4) is 0 Å². The van der Waals surface area contributed by atoms with E-state index >= 15 is 0 Å². The second-order valence-corrected chi connectivity index (χ2v) is 5.73. The minimum Gasteiger partial charge on any atom is -0.370 e. The highest BCUT2D eigenvalue weighted by molar-refractivity contribution is 5.87. The van der Waals surface area contributed by atoms with Gasteiger partial charge in [-0.1, -0.05) is 39.5 Å². The van der Waals surface area contributed by atoms with Crippen LogP contribution in [0, 0.1) is 0 Å². The number of nitrogens with two attached hydrogens (primary N) is 2. The van der Waals surface area contributed by atoms with E-state index < -0.39 is 0 Å². The average Bonchev–Trinajstić information content (AvgIpc) is 2.83. The molecule has 2 rings (SSSR count). The van der Waals surface area contributed by atoms with Crippen molar-refractivity contribution in [1.29, 1.82) is 0 Å². The number of nitrogens with zero attached hydrogens (tertiary/aromatic N) is 3. The molecule has 0 aromatic carbocycles. The van der Waals surface area contributed by atoms with Crippen LogP contribution in [0.5, 0.6) is 0 Å².